The van der Waals surface area contributed by atoms with Gasteiger partial charge in [0.1, 0.15) is 5.70 Å². The van der Waals surface area contributed by atoms with Crippen molar-refractivity contribution in [3.63, 3.8) is 0 Å². The number of nitrogens with zero attached hydrogens (tertiary/aromatic N) is 2. The van der Waals surface area contributed by atoms with E-state index in [2.05, 4.69) is 6.58 Å². The summed E-state index contributed by atoms with van der Waals surface area (Å²) in [6.45, 7) is 5.16. The fourth-order valence-corrected chi connectivity index (χ4v) is 4.11. The molecular formula is C18H15ClN2O4S. The Morgan fingerprint density at radius 3 is 2.27 bits per heavy atom. The molecule has 3 rings (SSSR count). The second-order valence-corrected chi connectivity index (χ2v) is 7.99. The Hall–Kier alpha value is -2.64. The molecule has 0 unspecified atom stereocenters. The molecule has 0 spiro atoms. The number of urea groups is 1. The second-order valence-electron chi connectivity index (χ2n) is 5.79. The number of halogens is 1. The van der Waals surface area contributed by atoms with Crippen molar-refractivity contribution < 1.29 is 18.0 Å². The van der Waals surface area contributed by atoms with Crippen LogP contribution in [-0.4, -0.2) is 29.6 Å². The Labute approximate surface area is 156 Å². The van der Waals surface area contributed by atoms with E-state index in [1.807, 2.05) is 6.92 Å². The van der Waals surface area contributed by atoms with E-state index in [9.17, 15) is 18.0 Å². The van der Waals surface area contributed by atoms with E-state index in [1.54, 1.807) is 36.4 Å². The number of imide groups is 1. The minimum absolute atomic E-state index is 0.0926. The van der Waals surface area contributed by atoms with E-state index in [0.717, 1.165) is 10.5 Å². The molecule has 1 heterocycles. The predicted octanol–water partition coefficient (Wildman–Crippen LogP) is 3.32. The topological polar surface area (TPSA) is 74.8 Å². The van der Waals surface area contributed by atoms with E-state index < -0.39 is 27.7 Å². The third kappa shape index (κ3) is 3.00. The quantitative estimate of drug-likeness (QED) is 0.593. The van der Waals surface area contributed by atoms with Gasteiger partial charge in [0.2, 0.25) is 0 Å². The molecule has 2 aromatic rings. The van der Waals surface area contributed by atoms with E-state index in [-0.39, 0.29) is 11.4 Å². The van der Waals surface area contributed by atoms with Crippen LogP contribution in [-0.2, 0) is 21.4 Å². The van der Waals surface area contributed by atoms with Crippen molar-refractivity contribution in [1.29, 1.82) is 0 Å². The van der Waals surface area contributed by atoms with Crippen molar-refractivity contribution in [1.82, 2.24) is 9.21 Å². The summed E-state index contributed by atoms with van der Waals surface area (Å²) < 4.78 is 26.1. The summed E-state index contributed by atoms with van der Waals surface area (Å²) in [6, 6.07) is 11.7. The first-order valence-corrected chi connectivity index (χ1v) is 9.45. The maximum absolute atomic E-state index is 12.8. The molecule has 6 nitrogen and oxygen atoms in total. The zero-order valence-electron chi connectivity index (χ0n) is 13.8. The maximum Gasteiger partial charge on any atom is 0.346 e. The van der Waals surface area contributed by atoms with Gasteiger partial charge >= 0.3 is 6.03 Å². The molecule has 0 bridgehead atoms. The fourth-order valence-electron chi connectivity index (χ4n) is 2.55. The van der Waals surface area contributed by atoms with Gasteiger partial charge in [0.15, 0.2) is 0 Å². The Morgan fingerprint density at radius 2 is 1.65 bits per heavy atom. The zero-order valence-corrected chi connectivity index (χ0v) is 15.4. The molecule has 0 atom stereocenters. The van der Waals surface area contributed by atoms with Crippen LogP contribution in [0.5, 0.6) is 0 Å². The molecule has 134 valence electrons. The van der Waals surface area contributed by atoms with Gasteiger partial charge in [0.25, 0.3) is 15.9 Å². The van der Waals surface area contributed by atoms with Crippen LogP contribution in [0.3, 0.4) is 0 Å². The van der Waals surface area contributed by atoms with Gasteiger partial charge in [-0.05, 0) is 30.7 Å². The Morgan fingerprint density at radius 1 is 1.04 bits per heavy atom. The van der Waals surface area contributed by atoms with E-state index in [1.165, 1.54) is 12.1 Å². The van der Waals surface area contributed by atoms with Crippen LogP contribution in [0.25, 0.3) is 0 Å². The molecule has 8 heteroatoms. The molecule has 1 aliphatic heterocycles. The molecule has 26 heavy (non-hydrogen) atoms. The van der Waals surface area contributed by atoms with Crippen molar-refractivity contribution >= 4 is 33.6 Å². The first-order chi connectivity index (χ1) is 12.2. The Bertz CT molecular complexity index is 1020. The van der Waals surface area contributed by atoms with Crippen LogP contribution in [0.2, 0.25) is 5.02 Å². The standard InChI is InChI=1S/C18H15ClN2O4S/c1-12-7-9-15(10-8-12)26(24,25)21-13(2)17(22)20(18(21)23)11-14-5-3-4-6-16(14)19/h3-10H,2,11H2,1H3. The summed E-state index contributed by atoms with van der Waals surface area (Å²) in [5.41, 5.74) is 0.979. The van der Waals surface area contributed by atoms with Crippen molar-refractivity contribution in [2.45, 2.75) is 18.4 Å². The number of rotatable bonds is 4. The minimum Gasteiger partial charge on any atom is -0.267 e. The second kappa shape index (κ2) is 6.59. The molecule has 0 radical (unpaired) electrons. The van der Waals surface area contributed by atoms with Gasteiger partial charge in [-0.25, -0.2) is 13.2 Å². The highest BCUT2D eigenvalue weighted by Crippen LogP contribution is 2.30. The van der Waals surface area contributed by atoms with Crippen molar-refractivity contribution in [3.8, 4) is 0 Å². The lowest BCUT2D eigenvalue weighted by atomic mass is 10.2. The minimum atomic E-state index is -4.23. The molecule has 0 aromatic heterocycles. The zero-order chi connectivity index (χ0) is 19.1. The van der Waals surface area contributed by atoms with Crippen LogP contribution >= 0.6 is 11.6 Å². The van der Waals surface area contributed by atoms with Gasteiger partial charge < -0.3 is 0 Å². The SMILES string of the molecule is C=C1C(=O)N(Cc2ccccc2Cl)C(=O)N1S(=O)(=O)c1ccc(C)cc1. The fraction of sp³-hybridized carbons (Fsp3) is 0.111. The molecule has 3 amide bonds. The van der Waals surface area contributed by atoms with Gasteiger partial charge in [-0.3, -0.25) is 9.69 Å². The number of aryl methyl sites for hydroxylation is 1. The van der Waals surface area contributed by atoms with Crippen LogP contribution in [0.4, 0.5) is 4.79 Å². The van der Waals surface area contributed by atoms with E-state index in [0.29, 0.717) is 14.9 Å². The normalized spacial score (nSPS) is 15.1. The summed E-state index contributed by atoms with van der Waals surface area (Å²) in [6.07, 6.45) is 0. The van der Waals surface area contributed by atoms with Crippen molar-refractivity contribution in [2.24, 2.45) is 0 Å². The summed E-state index contributed by atoms with van der Waals surface area (Å²) >= 11 is 6.07. The lowest BCUT2D eigenvalue weighted by molar-refractivity contribution is -0.123. The summed E-state index contributed by atoms with van der Waals surface area (Å²) in [5.74, 6) is -0.773. The predicted molar refractivity (Wildman–Crippen MR) is 96.7 cm³/mol. The number of hydrogen-bond donors (Lipinski definition) is 0. The molecule has 1 fully saturated rings. The number of sulfonamides is 1. The number of carbonyl (C=O) groups excluding carboxylic acids is 2. The van der Waals surface area contributed by atoms with Crippen molar-refractivity contribution in [2.75, 3.05) is 0 Å². The van der Waals surface area contributed by atoms with E-state index >= 15 is 0 Å². The smallest absolute Gasteiger partial charge is 0.267 e. The van der Waals surface area contributed by atoms with Gasteiger partial charge in [0.05, 0.1) is 11.4 Å². The molecule has 2 aromatic carbocycles. The average molecular weight is 391 g/mol. The summed E-state index contributed by atoms with van der Waals surface area (Å²) in [5, 5.41) is 0.374. The monoisotopic (exact) mass is 390 g/mol. The van der Waals surface area contributed by atoms with Crippen LogP contribution < -0.4 is 0 Å². The molecule has 0 N–H and O–H groups in total. The molecule has 1 aliphatic rings. The lowest BCUT2D eigenvalue weighted by Crippen LogP contribution is -2.36. The number of benzene rings is 2. The van der Waals surface area contributed by atoms with Gasteiger partial charge in [0, 0.05) is 5.02 Å². The lowest BCUT2D eigenvalue weighted by Gasteiger charge is -2.17. The maximum atomic E-state index is 12.8. The largest absolute Gasteiger partial charge is 0.346 e. The molecule has 0 saturated carbocycles. The molecular weight excluding hydrogens is 376 g/mol. The number of carbonyl (C=O) groups is 2. The average Bonchev–Trinajstić information content (AvgIpc) is 2.81. The first-order valence-electron chi connectivity index (χ1n) is 7.63. The summed E-state index contributed by atoms with van der Waals surface area (Å²) in [7, 11) is -4.23. The third-order valence-electron chi connectivity index (χ3n) is 3.99. The van der Waals surface area contributed by atoms with Crippen LogP contribution in [0, 0.1) is 6.92 Å². The van der Waals surface area contributed by atoms with Crippen molar-refractivity contribution in [3.05, 3.63) is 77.0 Å². The number of amides is 3. The highest BCUT2D eigenvalue weighted by molar-refractivity contribution is 7.89. The summed E-state index contributed by atoms with van der Waals surface area (Å²) in [4.78, 5) is 25.8. The Balaban J connectivity index is 1.96. The van der Waals surface area contributed by atoms with Crippen LogP contribution in [0.1, 0.15) is 11.1 Å². The van der Waals surface area contributed by atoms with E-state index in [4.69, 9.17) is 11.6 Å². The number of hydrogen-bond acceptors (Lipinski definition) is 4. The van der Waals surface area contributed by atoms with Crippen LogP contribution in [0.15, 0.2) is 65.7 Å². The van der Waals surface area contributed by atoms with Gasteiger partial charge in [-0.1, -0.05) is 54.1 Å². The highest BCUT2D eigenvalue weighted by atomic mass is 35.5. The Kier molecular flexibility index (Phi) is 4.60. The van der Waals surface area contributed by atoms with Gasteiger partial charge in [-0.2, -0.15) is 4.31 Å². The highest BCUT2D eigenvalue weighted by Gasteiger charge is 2.47. The third-order valence-corrected chi connectivity index (χ3v) is 6.08. The molecule has 0 aliphatic carbocycles. The molecule has 1 saturated heterocycles. The van der Waals surface area contributed by atoms with Gasteiger partial charge in [-0.15, -0.1) is 0 Å². The first kappa shape index (κ1) is 18.2.